The summed E-state index contributed by atoms with van der Waals surface area (Å²) in [4.78, 5) is 24.3. The molecule has 36 heavy (non-hydrogen) atoms. The zero-order valence-corrected chi connectivity index (χ0v) is 20.1. The summed E-state index contributed by atoms with van der Waals surface area (Å²) in [6.45, 7) is 3.87. The Morgan fingerprint density at radius 2 is 1.72 bits per heavy atom. The second kappa shape index (κ2) is 13.5. The highest BCUT2D eigenvalue weighted by Gasteiger charge is 2.15. The second-order valence-electron chi connectivity index (χ2n) is 7.68. The molecular weight excluding hydrogens is 465 g/mol. The van der Waals surface area contributed by atoms with E-state index in [9.17, 15) is 14.0 Å². The molecule has 3 aromatic carbocycles. The lowest BCUT2D eigenvalue weighted by atomic mass is 10.2. The Morgan fingerprint density at radius 1 is 0.972 bits per heavy atom. The van der Waals surface area contributed by atoms with Gasteiger partial charge in [-0.3, -0.25) is 9.59 Å². The predicted molar refractivity (Wildman–Crippen MR) is 134 cm³/mol. The minimum Gasteiger partial charge on any atom is -0.490 e. The molecule has 0 spiro atoms. The van der Waals surface area contributed by atoms with Crippen LogP contribution in [0.15, 0.2) is 77.9 Å². The lowest BCUT2D eigenvalue weighted by Crippen LogP contribution is -2.45. The summed E-state index contributed by atoms with van der Waals surface area (Å²) in [6.07, 6.45) is 1.46. The maximum atomic E-state index is 13.1. The van der Waals surface area contributed by atoms with Crippen molar-refractivity contribution < 1.29 is 28.2 Å². The van der Waals surface area contributed by atoms with Crippen LogP contribution in [-0.4, -0.2) is 37.3 Å². The molecule has 0 radical (unpaired) electrons. The van der Waals surface area contributed by atoms with Gasteiger partial charge in [-0.25, -0.2) is 9.82 Å². The van der Waals surface area contributed by atoms with Gasteiger partial charge in [0.2, 0.25) is 0 Å². The van der Waals surface area contributed by atoms with Crippen LogP contribution >= 0.6 is 0 Å². The van der Waals surface area contributed by atoms with Crippen molar-refractivity contribution in [2.75, 3.05) is 13.2 Å². The van der Waals surface area contributed by atoms with Crippen molar-refractivity contribution in [2.45, 2.75) is 26.5 Å². The van der Waals surface area contributed by atoms with Crippen molar-refractivity contribution in [3.63, 3.8) is 0 Å². The van der Waals surface area contributed by atoms with Gasteiger partial charge in [-0.1, -0.05) is 30.3 Å². The standard InChI is InChI=1S/C27H28FN3O5/c1-3-34-25-15-21(11-14-24(25)36-17-20-9-12-22(28)13-10-20)16-29-31-27(33)19(2)30-26(32)18-35-23-7-5-4-6-8-23/h4-16,19H,3,17-18H2,1-2H3,(H,30,32)(H,31,33)/b29-16+. The molecule has 0 saturated heterocycles. The Kier molecular flexibility index (Phi) is 9.81. The normalized spacial score (nSPS) is 11.5. The molecule has 0 aliphatic rings. The van der Waals surface area contributed by atoms with Gasteiger partial charge < -0.3 is 19.5 Å². The zero-order valence-electron chi connectivity index (χ0n) is 20.1. The van der Waals surface area contributed by atoms with Gasteiger partial charge in [0.1, 0.15) is 24.2 Å². The van der Waals surface area contributed by atoms with E-state index >= 15 is 0 Å². The van der Waals surface area contributed by atoms with E-state index in [4.69, 9.17) is 14.2 Å². The lowest BCUT2D eigenvalue weighted by Gasteiger charge is -2.13. The highest BCUT2D eigenvalue weighted by Crippen LogP contribution is 2.29. The first-order valence-electron chi connectivity index (χ1n) is 11.4. The van der Waals surface area contributed by atoms with E-state index < -0.39 is 17.9 Å². The van der Waals surface area contributed by atoms with Crippen LogP contribution in [0, 0.1) is 5.82 Å². The number of para-hydroxylation sites is 1. The number of carbonyl (C=O) groups is 2. The lowest BCUT2D eigenvalue weighted by molar-refractivity contribution is -0.129. The molecule has 8 nitrogen and oxygen atoms in total. The fraction of sp³-hybridized carbons (Fsp3) is 0.222. The predicted octanol–water partition coefficient (Wildman–Crippen LogP) is 3.84. The van der Waals surface area contributed by atoms with Gasteiger partial charge in [-0.2, -0.15) is 5.10 Å². The third-order valence-electron chi connectivity index (χ3n) is 4.85. The maximum Gasteiger partial charge on any atom is 0.262 e. The van der Waals surface area contributed by atoms with Crippen molar-refractivity contribution in [2.24, 2.45) is 5.10 Å². The molecule has 3 aromatic rings. The highest BCUT2D eigenvalue weighted by atomic mass is 19.1. The summed E-state index contributed by atoms with van der Waals surface area (Å²) in [5.74, 6) is 0.378. The van der Waals surface area contributed by atoms with Crippen molar-refractivity contribution in [3.05, 3.63) is 89.7 Å². The second-order valence-corrected chi connectivity index (χ2v) is 7.68. The number of amides is 2. The van der Waals surface area contributed by atoms with Gasteiger partial charge in [0.25, 0.3) is 11.8 Å². The van der Waals surface area contributed by atoms with Crippen LogP contribution in [0.25, 0.3) is 0 Å². The van der Waals surface area contributed by atoms with Crippen LogP contribution < -0.4 is 25.0 Å². The van der Waals surface area contributed by atoms with Gasteiger partial charge in [-0.05, 0) is 67.4 Å². The van der Waals surface area contributed by atoms with E-state index in [1.807, 2.05) is 13.0 Å². The number of hydrogen-bond donors (Lipinski definition) is 2. The van der Waals surface area contributed by atoms with Crippen LogP contribution in [0.3, 0.4) is 0 Å². The van der Waals surface area contributed by atoms with Crippen LogP contribution in [0.4, 0.5) is 4.39 Å². The Bertz CT molecular complexity index is 1170. The molecule has 0 aliphatic carbocycles. The molecule has 2 amide bonds. The van der Waals surface area contributed by atoms with Gasteiger partial charge in [-0.15, -0.1) is 0 Å². The smallest absolute Gasteiger partial charge is 0.262 e. The fourth-order valence-corrected chi connectivity index (χ4v) is 3.02. The van der Waals surface area contributed by atoms with E-state index in [0.29, 0.717) is 29.4 Å². The zero-order chi connectivity index (χ0) is 25.8. The van der Waals surface area contributed by atoms with Gasteiger partial charge in [0.05, 0.1) is 12.8 Å². The first kappa shape index (κ1) is 26.2. The van der Waals surface area contributed by atoms with Crippen LogP contribution in [0.2, 0.25) is 0 Å². The van der Waals surface area contributed by atoms with E-state index in [2.05, 4.69) is 15.8 Å². The first-order chi connectivity index (χ1) is 17.4. The van der Waals surface area contributed by atoms with Gasteiger partial charge >= 0.3 is 0 Å². The number of benzene rings is 3. The SMILES string of the molecule is CCOc1cc(/C=N/NC(=O)C(C)NC(=O)COc2ccccc2)ccc1OCc1ccc(F)cc1. The van der Waals surface area contributed by atoms with E-state index in [0.717, 1.165) is 5.56 Å². The summed E-state index contributed by atoms with van der Waals surface area (Å²) in [5, 5.41) is 6.51. The summed E-state index contributed by atoms with van der Waals surface area (Å²) >= 11 is 0. The summed E-state index contributed by atoms with van der Waals surface area (Å²) in [5.41, 5.74) is 3.89. The molecule has 188 valence electrons. The first-order valence-corrected chi connectivity index (χ1v) is 11.4. The quantitative estimate of drug-likeness (QED) is 0.295. The number of carbonyl (C=O) groups excluding carboxylic acids is 2. The Balaban J connectivity index is 1.49. The summed E-state index contributed by atoms with van der Waals surface area (Å²) in [7, 11) is 0. The molecule has 1 unspecified atom stereocenters. The van der Waals surface area contributed by atoms with Crippen LogP contribution in [-0.2, 0) is 16.2 Å². The molecule has 2 N–H and O–H groups in total. The summed E-state index contributed by atoms with van der Waals surface area (Å²) < 4.78 is 29.9. The Morgan fingerprint density at radius 3 is 2.44 bits per heavy atom. The Labute approximate surface area is 209 Å². The average molecular weight is 494 g/mol. The number of rotatable bonds is 12. The third kappa shape index (κ3) is 8.43. The fourth-order valence-electron chi connectivity index (χ4n) is 3.02. The van der Waals surface area contributed by atoms with Crippen molar-refractivity contribution in [1.29, 1.82) is 0 Å². The average Bonchev–Trinajstić information content (AvgIpc) is 2.88. The molecule has 0 bridgehead atoms. The van der Waals surface area contributed by atoms with Crippen molar-refractivity contribution in [1.82, 2.24) is 10.7 Å². The number of hydrazone groups is 1. The molecule has 0 fully saturated rings. The molecule has 0 saturated carbocycles. The van der Waals surface area contributed by atoms with E-state index in [1.165, 1.54) is 18.3 Å². The highest BCUT2D eigenvalue weighted by molar-refractivity contribution is 5.89. The third-order valence-corrected chi connectivity index (χ3v) is 4.85. The molecule has 0 aliphatic heterocycles. The molecule has 3 rings (SSSR count). The molecule has 1 atom stereocenters. The number of nitrogens with one attached hydrogen (secondary N) is 2. The molecule has 0 aromatic heterocycles. The molecule has 9 heteroatoms. The number of ether oxygens (including phenoxy) is 3. The van der Waals surface area contributed by atoms with Crippen LogP contribution in [0.5, 0.6) is 17.2 Å². The minimum atomic E-state index is -0.810. The summed E-state index contributed by atoms with van der Waals surface area (Å²) in [6, 6.07) is 19.4. The largest absolute Gasteiger partial charge is 0.490 e. The van der Waals surface area contributed by atoms with Gasteiger partial charge in [0, 0.05) is 0 Å². The number of nitrogens with zero attached hydrogens (tertiary/aromatic N) is 1. The Hall–Kier alpha value is -4.40. The van der Waals surface area contributed by atoms with E-state index in [-0.39, 0.29) is 19.0 Å². The topological polar surface area (TPSA) is 98.2 Å². The van der Waals surface area contributed by atoms with E-state index in [1.54, 1.807) is 61.5 Å². The molecular formula is C27H28FN3O5. The number of halogens is 1. The van der Waals surface area contributed by atoms with Gasteiger partial charge in [0.15, 0.2) is 18.1 Å². The number of hydrogen-bond acceptors (Lipinski definition) is 6. The maximum absolute atomic E-state index is 13.1. The van der Waals surface area contributed by atoms with Crippen molar-refractivity contribution in [3.8, 4) is 17.2 Å². The minimum absolute atomic E-state index is 0.208. The molecule has 0 heterocycles. The monoisotopic (exact) mass is 493 g/mol. The van der Waals surface area contributed by atoms with Crippen LogP contribution in [0.1, 0.15) is 25.0 Å². The van der Waals surface area contributed by atoms with Crippen molar-refractivity contribution >= 4 is 18.0 Å².